The molecule has 24 heavy (non-hydrogen) atoms. The number of carbonyl (C=O) groups is 1. The van der Waals surface area contributed by atoms with E-state index in [1.54, 1.807) is 36.4 Å². The topological polar surface area (TPSA) is 102 Å². The molecule has 0 aliphatic carbocycles. The van der Waals surface area contributed by atoms with Crippen LogP contribution in [0.1, 0.15) is 10.4 Å². The van der Waals surface area contributed by atoms with Crippen LogP contribution in [0.25, 0.3) is 11.5 Å². The monoisotopic (exact) mass is 343 g/mol. The Morgan fingerprint density at radius 1 is 1.00 bits per heavy atom. The van der Waals surface area contributed by atoms with Crippen molar-refractivity contribution in [3.63, 3.8) is 0 Å². The lowest BCUT2D eigenvalue weighted by Gasteiger charge is -2.00. The minimum absolute atomic E-state index is 0.0361. The molecule has 1 N–H and O–H groups in total. The molecule has 0 aliphatic rings. The molecule has 7 nitrogen and oxygen atoms in total. The summed E-state index contributed by atoms with van der Waals surface area (Å²) in [7, 11) is -3.27. The summed E-state index contributed by atoms with van der Waals surface area (Å²) in [5.74, 6) is -0.184. The molecule has 0 bridgehead atoms. The van der Waals surface area contributed by atoms with Crippen LogP contribution >= 0.6 is 0 Å². The number of rotatable bonds is 4. The third-order valence-corrected chi connectivity index (χ3v) is 4.34. The van der Waals surface area contributed by atoms with Gasteiger partial charge in [-0.05, 0) is 36.4 Å². The number of carbonyl (C=O) groups excluding carboxylic acids is 1. The zero-order valence-electron chi connectivity index (χ0n) is 12.6. The molecular weight excluding hydrogens is 330 g/mol. The van der Waals surface area contributed by atoms with Crippen LogP contribution in [0, 0.1) is 0 Å². The summed E-state index contributed by atoms with van der Waals surface area (Å²) in [5, 5.41) is 10.1. The van der Waals surface area contributed by atoms with Gasteiger partial charge in [-0.15, -0.1) is 5.10 Å². The van der Waals surface area contributed by atoms with Crippen molar-refractivity contribution in [3.05, 3.63) is 60.2 Å². The third-order valence-electron chi connectivity index (χ3n) is 3.21. The molecule has 0 aliphatic heterocycles. The van der Waals surface area contributed by atoms with E-state index in [1.807, 2.05) is 6.07 Å². The normalized spacial score (nSPS) is 11.2. The second-order valence-corrected chi connectivity index (χ2v) is 7.04. The van der Waals surface area contributed by atoms with Crippen molar-refractivity contribution < 1.29 is 17.6 Å². The molecular formula is C16H13N3O4S. The molecule has 0 fully saturated rings. The first-order valence-electron chi connectivity index (χ1n) is 6.94. The maximum atomic E-state index is 12.0. The molecule has 0 unspecified atom stereocenters. The van der Waals surface area contributed by atoms with Gasteiger partial charge in [0.2, 0.25) is 5.89 Å². The molecule has 8 heteroatoms. The van der Waals surface area contributed by atoms with Gasteiger partial charge in [-0.1, -0.05) is 23.3 Å². The summed E-state index contributed by atoms with van der Waals surface area (Å²) < 4.78 is 28.3. The molecule has 122 valence electrons. The molecule has 1 amide bonds. The molecule has 0 spiro atoms. The Morgan fingerprint density at radius 2 is 1.67 bits per heavy atom. The van der Waals surface area contributed by atoms with E-state index < -0.39 is 9.84 Å². The van der Waals surface area contributed by atoms with Gasteiger partial charge in [-0.3, -0.25) is 10.1 Å². The minimum Gasteiger partial charge on any atom is -0.403 e. The maximum absolute atomic E-state index is 12.0. The van der Waals surface area contributed by atoms with E-state index in [0.717, 1.165) is 6.26 Å². The van der Waals surface area contributed by atoms with Crippen LogP contribution < -0.4 is 5.32 Å². The van der Waals surface area contributed by atoms with Crippen molar-refractivity contribution in [1.29, 1.82) is 0 Å². The van der Waals surface area contributed by atoms with Crippen LogP contribution in [0.4, 0.5) is 6.01 Å². The van der Waals surface area contributed by atoms with Gasteiger partial charge in [0.15, 0.2) is 9.84 Å². The second-order valence-electron chi connectivity index (χ2n) is 5.03. The summed E-state index contributed by atoms with van der Waals surface area (Å²) >= 11 is 0. The Labute approximate surface area is 138 Å². The van der Waals surface area contributed by atoms with Gasteiger partial charge in [0.25, 0.3) is 5.91 Å². The number of aromatic nitrogens is 2. The van der Waals surface area contributed by atoms with Crippen molar-refractivity contribution in [3.8, 4) is 11.5 Å². The first kappa shape index (κ1) is 15.9. The number of hydrogen-bond acceptors (Lipinski definition) is 6. The number of nitrogens with zero attached hydrogens (tertiary/aromatic N) is 2. The van der Waals surface area contributed by atoms with Crippen LogP contribution in [0.3, 0.4) is 0 Å². The Morgan fingerprint density at radius 3 is 2.29 bits per heavy atom. The standard InChI is InChI=1S/C16H13N3O4S/c1-24(21,22)13-9-7-12(8-10-13)15-18-19-16(23-15)17-14(20)11-5-3-2-4-6-11/h2-10H,1H3,(H,17,19,20). The highest BCUT2D eigenvalue weighted by Crippen LogP contribution is 2.22. The number of anilines is 1. The number of benzene rings is 2. The molecule has 0 radical (unpaired) electrons. The van der Waals surface area contributed by atoms with Crippen molar-refractivity contribution in [2.45, 2.75) is 4.90 Å². The molecule has 0 saturated carbocycles. The molecule has 1 heterocycles. The van der Waals surface area contributed by atoms with Crippen molar-refractivity contribution >= 4 is 21.8 Å². The molecule has 2 aromatic carbocycles. The van der Waals surface area contributed by atoms with Gasteiger partial charge in [0.05, 0.1) is 4.90 Å². The molecule has 1 aromatic heterocycles. The van der Waals surface area contributed by atoms with Gasteiger partial charge >= 0.3 is 6.01 Å². The third kappa shape index (κ3) is 3.49. The summed E-state index contributed by atoms with van der Waals surface area (Å²) in [5.41, 5.74) is 1.02. The van der Waals surface area contributed by atoms with E-state index >= 15 is 0 Å². The molecule has 0 atom stereocenters. The van der Waals surface area contributed by atoms with Gasteiger partial charge in [0, 0.05) is 17.4 Å². The summed E-state index contributed by atoms with van der Waals surface area (Å²) in [6, 6.07) is 14.6. The number of amides is 1. The lowest BCUT2D eigenvalue weighted by Crippen LogP contribution is -2.11. The first-order valence-corrected chi connectivity index (χ1v) is 8.83. The largest absolute Gasteiger partial charge is 0.403 e. The Bertz CT molecular complexity index is 964. The van der Waals surface area contributed by atoms with Crippen LogP contribution in [0.2, 0.25) is 0 Å². The fraction of sp³-hybridized carbons (Fsp3) is 0.0625. The van der Waals surface area contributed by atoms with Crippen molar-refractivity contribution in [2.24, 2.45) is 0 Å². The van der Waals surface area contributed by atoms with E-state index in [1.165, 1.54) is 12.1 Å². The fourth-order valence-electron chi connectivity index (χ4n) is 1.99. The lowest BCUT2D eigenvalue weighted by atomic mass is 10.2. The Hall–Kier alpha value is -3.00. The van der Waals surface area contributed by atoms with Crippen LogP contribution in [-0.2, 0) is 9.84 Å². The second kappa shape index (κ2) is 6.25. The minimum atomic E-state index is -3.27. The number of hydrogen-bond donors (Lipinski definition) is 1. The van der Waals surface area contributed by atoms with E-state index in [4.69, 9.17) is 4.42 Å². The van der Waals surface area contributed by atoms with Gasteiger partial charge in [0.1, 0.15) is 0 Å². The van der Waals surface area contributed by atoms with E-state index in [2.05, 4.69) is 15.5 Å². The average molecular weight is 343 g/mol. The lowest BCUT2D eigenvalue weighted by molar-refractivity contribution is 0.102. The van der Waals surface area contributed by atoms with Crippen LogP contribution in [0.15, 0.2) is 63.9 Å². The van der Waals surface area contributed by atoms with Gasteiger partial charge < -0.3 is 4.42 Å². The maximum Gasteiger partial charge on any atom is 0.322 e. The predicted octanol–water partition coefficient (Wildman–Crippen LogP) is 2.39. The number of nitrogens with one attached hydrogen (secondary N) is 1. The van der Waals surface area contributed by atoms with Gasteiger partial charge in [-0.2, -0.15) is 0 Å². The smallest absolute Gasteiger partial charge is 0.322 e. The zero-order chi connectivity index (χ0) is 17.2. The van der Waals surface area contributed by atoms with E-state index in [-0.39, 0.29) is 22.7 Å². The SMILES string of the molecule is CS(=O)(=O)c1ccc(-c2nnc(NC(=O)c3ccccc3)o2)cc1. The highest BCUT2D eigenvalue weighted by atomic mass is 32.2. The Kier molecular flexibility index (Phi) is 4.13. The van der Waals surface area contributed by atoms with E-state index in [0.29, 0.717) is 11.1 Å². The van der Waals surface area contributed by atoms with E-state index in [9.17, 15) is 13.2 Å². The molecule has 3 aromatic rings. The average Bonchev–Trinajstić information content (AvgIpc) is 3.03. The first-order chi connectivity index (χ1) is 11.4. The quantitative estimate of drug-likeness (QED) is 0.780. The zero-order valence-corrected chi connectivity index (χ0v) is 13.4. The summed E-state index contributed by atoms with van der Waals surface area (Å²) in [4.78, 5) is 12.2. The highest BCUT2D eigenvalue weighted by molar-refractivity contribution is 7.90. The van der Waals surface area contributed by atoms with Crippen molar-refractivity contribution in [2.75, 3.05) is 11.6 Å². The van der Waals surface area contributed by atoms with Gasteiger partial charge in [-0.25, -0.2) is 8.42 Å². The predicted molar refractivity (Wildman–Crippen MR) is 87.2 cm³/mol. The molecule has 0 saturated heterocycles. The summed E-state index contributed by atoms with van der Waals surface area (Å²) in [6.45, 7) is 0. The molecule has 3 rings (SSSR count). The summed E-state index contributed by atoms with van der Waals surface area (Å²) in [6.07, 6.45) is 1.13. The van der Waals surface area contributed by atoms with Crippen LogP contribution in [-0.4, -0.2) is 30.8 Å². The fourth-order valence-corrected chi connectivity index (χ4v) is 2.62. The Balaban J connectivity index is 1.77. The highest BCUT2D eigenvalue weighted by Gasteiger charge is 2.13. The van der Waals surface area contributed by atoms with Crippen molar-refractivity contribution in [1.82, 2.24) is 10.2 Å². The van der Waals surface area contributed by atoms with Crippen LogP contribution in [0.5, 0.6) is 0 Å². The number of sulfone groups is 1.